The van der Waals surface area contributed by atoms with Gasteiger partial charge in [-0.1, -0.05) is 98.7 Å². The van der Waals surface area contributed by atoms with Crippen molar-refractivity contribution >= 4 is 22.9 Å². The highest BCUT2D eigenvalue weighted by atomic mass is 16.1. The summed E-state index contributed by atoms with van der Waals surface area (Å²) < 4.78 is 0. The Kier molecular flexibility index (Phi) is 10.1. The van der Waals surface area contributed by atoms with E-state index in [1.807, 2.05) is 13.0 Å². The van der Waals surface area contributed by atoms with Crippen molar-refractivity contribution in [1.82, 2.24) is 0 Å². The molecule has 0 heterocycles. The maximum absolute atomic E-state index is 14.0. The van der Waals surface area contributed by atoms with Crippen LogP contribution in [-0.4, -0.2) is 17.3 Å². The number of Topliss-reactive ketones (excluding diaryl/α,β-unsaturated/α-hetero) is 3. The molecule has 37 heavy (non-hydrogen) atoms. The van der Waals surface area contributed by atoms with Crippen LogP contribution in [0.4, 0.5) is 0 Å². The van der Waals surface area contributed by atoms with Gasteiger partial charge in [0.25, 0.3) is 0 Å². The summed E-state index contributed by atoms with van der Waals surface area (Å²) in [6, 6.07) is 8.52. The van der Waals surface area contributed by atoms with Gasteiger partial charge in [0.2, 0.25) is 0 Å². The molecule has 4 atom stereocenters. The summed E-state index contributed by atoms with van der Waals surface area (Å²) >= 11 is 0. The summed E-state index contributed by atoms with van der Waals surface area (Å²) in [5.41, 5.74) is 3.86. The Balaban J connectivity index is 2.33. The number of carbonyl (C=O) groups is 3. The summed E-state index contributed by atoms with van der Waals surface area (Å²) in [5, 5.41) is 0. The van der Waals surface area contributed by atoms with Crippen molar-refractivity contribution in [2.75, 3.05) is 0 Å². The summed E-state index contributed by atoms with van der Waals surface area (Å²) in [5.74, 6) is 0.349. The van der Waals surface area contributed by atoms with Crippen LogP contribution in [-0.2, 0) is 14.4 Å². The molecule has 3 nitrogen and oxygen atoms in total. The van der Waals surface area contributed by atoms with Crippen LogP contribution >= 0.6 is 0 Å². The Labute approximate surface area is 226 Å². The lowest BCUT2D eigenvalue weighted by molar-refractivity contribution is -0.134. The Morgan fingerprint density at radius 2 is 1.49 bits per heavy atom. The van der Waals surface area contributed by atoms with Crippen molar-refractivity contribution < 1.29 is 14.4 Å². The molecule has 3 heteroatoms. The van der Waals surface area contributed by atoms with Crippen molar-refractivity contribution in [2.45, 2.75) is 101 Å². The zero-order chi connectivity index (χ0) is 28.3. The van der Waals surface area contributed by atoms with Gasteiger partial charge < -0.3 is 0 Å². The number of rotatable bonds is 12. The van der Waals surface area contributed by atoms with Crippen LogP contribution < -0.4 is 0 Å². The number of ketones is 3. The lowest BCUT2D eigenvalue weighted by atomic mass is 9.65. The molecule has 4 unspecified atom stereocenters. The Morgan fingerprint density at radius 1 is 0.919 bits per heavy atom. The van der Waals surface area contributed by atoms with Crippen molar-refractivity contribution in [2.24, 2.45) is 34.5 Å². The molecule has 204 valence electrons. The predicted octanol–water partition coefficient (Wildman–Crippen LogP) is 8.63. The number of allylic oxidation sites excluding steroid dienone is 4. The fraction of sp³-hybridized carbons (Fsp3) is 0.618. The first-order valence-electron chi connectivity index (χ1n) is 14.1. The van der Waals surface area contributed by atoms with E-state index in [1.165, 1.54) is 16.7 Å². The van der Waals surface area contributed by atoms with Crippen molar-refractivity contribution in [3.63, 3.8) is 0 Å². The predicted molar refractivity (Wildman–Crippen MR) is 155 cm³/mol. The van der Waals surface area contributed by atoms with E-state index in [9.17, 15) is 14.4 Å². The minimum Gasteiger partial charge on any atom is -0.299 e. The minimum absolute atomic E-state index is 0.0172. The second-order valence-corrected chi connectivity index (χ2v) is 13.2. The molecular weight excluding hydrogens is 456 g/mol. The Hall–Kier alpha value is -2.29. The third-order valence-corrected chi connectivity index (χ3v) is 8.67. The van der Waals surface area contributed by atoms with Gasteiger partial charge >= 0.3 is 0 Å². The molecule has 0 saturated carbocycles. The van der Waals surface area contributed by atoms with E-state index in [1.54, 1.807) is 6.92 Å². The topological polar surface area (TPSA) is 51.2 Å². The first-order valence-corrected chi connectivity index (χ1v) is 14.1. The highest BCUT2D eigenvalue weighted by Gasteiger charge is 2.42. The molecular formula is C34H50O3. The molecule has 1 aromatic rings. The molecule has 0 N–H and O–H groups in total. The minimum atomic E-state index is -0.360. The molecule has 1 aliphatic carbocycles. The van der Waals surface area contributed by atoms with Crippen LogP contribution in [0.5, 0.6) is 0 Å². The van der Waals surface area contributed by atoms with E-state index in [-0.39, 0.29) is 58.3 Å². The first kappa shape index (κ1) is 30.9. The van der Waals surface area contributed by atoms with Gasteiger partial charge in [0.05, 0.1) is 0 Å². The maximum atomic E-state index is 14.0. The van der Waals surface area contributed by atoms with Gasteiger partial charge in [-0.2, -0.15) is 0 Å². The maximum Gasteiger partial charge on any atom is 0.155 e. The van der Waals surface area contributed by atoms with Gasteiger partial charge in [0, 0.05) is 30.6 Å². The molecule has 0 amide bonds. The Bertz CT molecular complexity index is 1060. The molecule has 0 radical (unpaired) electrons. The van der Waals surface area contributed by atoms with Crippen LogP contribution in [0.3, 0.4) is 0 Å². The zero-order valence-corrected chi connectivity index (χ0v) is 25.2. The molecule has 0 saturated heterocycles. The molecule has 1 aliphatic rings. The lowest BCUT2D eigenvalue weighted by Crippen LogP contribution is -2.37. The highest BCUT2D eigenvalue weighted by molar-refractivity contribution is 5.93. The van der Waals surface area contributed by atoms with E-state index >= 15 is 0 Å². The Morgan fingerprint density at radius 3 is 2.00 bits per heavy atom. The largest absolute Gasteiger partial charge is 0.299 e. The molecule has 0 aromatic heterocycles. The zero-order valence-electron chi connectivity index (χ0n) is 25.2. The highest BCUT2D eigenvalue weighted by Crippen LogP contribution is 2.50. The SMILES string of the molecule is CCC(C(=O)CC(C(=O)CC(/C=C(\C)C(C)=O)C(C)C)C(C)(C)C)C(C)(C)C1=CC(C)c2ccccc21. The quantitative estimate of drug-likeness (QED) is 0.267. The second-order valence-electron chi connectivity index (χ2n) is 13.2. The first-order chi connectivity index (χ1) is 17.0. The molecule has 0 spiro atoms. The summed E-state index contributed by atoms with van der Waals surface area (Å²) in [6.07, 6.45) is 5.63. The molecule has 2 rings (SSSR count). The van der Waals surface area contributed by atoms with Gasteiger partial charge in [0.1, 0.15) is 11.6 Å². The van der Waals surface area contributed by atoms with E-state index in [2.05, 4.69) is 92.7 Å². The van der Waals surface area contributed by atoms with E-state index in [0.717, 1.165) is 6.42 Å². The number of carbonyl (C=O) groups excluding carboxylic acids is 3. The average Bonchev–Trinajstić information content (AvgIpc) is 3.13. The van der Waals surface area contributed by atoms with Gasteiger partial charge in [-0.25, -0.2) is 0 Å². The standard InChI is InChI=1S/C34H50O3/c1-12-28(34(10,11)29-18-23(5)26-15-13-14-16-27(26)29)32(37)20-30(33(7,8)9)31(36)19-25(21(2)3)17-22(4)24(6)35/h13-18,21,23,25,28,30H,12,19-20H2,1-11H3/b22-17+. The average molecular weight is 507 g/mol. The number of hydrogen-bond donors (Lipinski definition) is 0. The number of benzene rings is 1. The second kappa shape index (κ2) is 12.0. The van der Waals surface area contributed by atoms with Crippen molar-refractivity contribution in [1.29, 1.82) is 0 Å². The fourth-order valence-electron chi connectivity index (χ4n) is 6.01. The van der Waals surface area contributed by atoms with Crippen LogP contribution in [0.1, 0.15) is 112 Å². The normalized spacial score (nSPS) is 18.8. The van der Waals surface area contributed by atoms with E-state index in [4.69, 9.17) is 0 Å². The summed E-state index contributed by atoms with van der Waals surface area (Å²) in [6.45, 7) is 22.4. The van der Waals surface area contributed by atoms with Crippen molar-refractivity contribution in [3.05, 3.63) is 53.1 Å². The molecule has 0 aliphatic heterocycles. The van der Waals surface area contributed by atoms with Gasteiger partial charge in [-0.3, -0.25) is 14.4 Å². The van der Waals surface area contributed by atoms with Gasteiger partial charge in [-0.05, 0) is 65.2 Å². The third-order valence-electron chi connectivity index (χ3n) is 8.67. The number of fused-ring (bicyclic) bond motifs is 1. The monoisotopic (exact) mass is 506 g/mol. The summed E-state index contributed by atoms with van der Waals surface area (Å²) in [4.78, 5) is 39.6. The molecule has 1 aromatic carbocycles. The van der Waals surface area contributed by atoms with Crippen LogP contribution in [0.25, 0.3) is 5.57 Å². The van der Waals surface area contributed by atoms with E-state index < -0.39 is 0 Å². The fourth-order valence-corrected chi connectivity index (χ4v) is 6.01. The summed E-state index contributed by atoms with van der Waals surface area (Å²) in [7, 11) is 0. The van der Waals surface area contributed by atoms with Crippen LogP contribution in [0.15, 0.2) is 42.0 Å². The molecule has 0 fully saturated rings. The van der Waals surface area contributed by atoms with Crippen LogP contribution in [0.2, 0.25) is 0 Å². The number of hydrogen-bond acceptors (Lipinski definition) is 3. The molecule has 0 bridgehead atoms. The third kappa shape index (κ3) is 7.18. The van der Waals surface area contributed by atoms with Crippen molar-refractivity contribution in [3.8, 4) is 0 Å². The van der Waals surface area contributed by atoms with E-state index in [0.29, 0.717) is 17.9 Å². The van der Waals surface area contributed by atoms with Gasteiger partial charge in [-0.15, -0.1) is 0 Å². The lowest BCUT2D eigenvalue weighted by Gasteiger charge is -2.37. The van der Waals surface area contributed by atoms with Crippen LogP contribution in [0, 0.1) is 34.5 Å². The van der Waals surface area contributed by atoms with Gasteiger partial charge in [0.15, 0.2) is 5.78 Å². The smallest absolute Gasteiger partial charge is 0.155 e.